The third-order valence-corrected chi connectivity index (χ3v) is 4.99. The van der Waals surface area contributed by atoms with Crippen LogP contribution in [0.4, 0.5) is 4.79 Å². The van der Waals surface area contributed by atoms with Crippen molar-refractivity contribution in [2.75, 3.05) is 32.7 Å². The van der Waals surface area contributed by atoms with E-state index < -0.39 is 5.60 Å². The van der Waals surface area contributed by atoms with Crippen molar-refractivity contribution in [2.45, 2.75) is 51.9 Å². The van der Waals surface area contributed by atoms with Crippen molar-refractivity contribution in [1.29, 1.82) is 0 Å². The van der Waals surface area contributed by atoms with Crippen LogP contribution in [0.3, 0.4) is 0 Å². The molecular formula is C20H31N3O2. The Labute approximate surface area is 151 Å². The number of benzene rings is 1. The fourth-order valence-corrected chi connectivity index (χ4v) is 3.93. The Morgan fingerprint density at radius 1 is 1.12 bits per heavy atom. The summed E-state index contributed by atoms with van der Waals surface area (Å²) in [6.45, 7) is 13.6. The molecule has 2 heterocycles. The van der Waals surface area contributed by atoms with E-state index in [9.17, 15) is 4.79 Å². The maximum absolute atomic E-state index is 12.4. The summed E-state index contributed by atoms with van der Waals surface area (Å²) in [5.41, 5.74) is 0.913. The smallest absolute Gasteiger partial charge is 0.410 e. The largest absolute Gasteiger partial charge is 0.444 e. The van der Waals surface area contributed by atoms with Gasteiger partial charge in [0.1, 0.15) is 5.60 Å². The van der Waals surface area contributed by atoms with Gasteiger partial charge in [-0.3, -0.25) is 9.80 Å². The minimum Gasteiger partial charge on any atom is -0.444 e. The van der Waals surface area contributed by atoms with Crippen molar-refractivity contribution in [3.05, 3.63) is 35.9 Å². The van der Waals surface area contributed by atoms with Gasteiger partial charge in [-0.05, 0) is 33.3 Å². The highest BCUT2D eigenvalue weighted by Crippen LogP contribution is 2.23. The lowest BCUT2D eigenvalue weighted by atomic mass is 10.0. The molecule has 138 valence electrons. The molecule has 2 saturated heterocycles. The van der Waals surface area contributed by atoms with Crippen LogP contribution < -0.4 is 0 Å². The fourth-order valence-electron chi connectivity index (χ4n) is 3.93. The topological polar surface area (TPSA) is 36.0 Å². The number of hydrogen-bond acceptors (Lipinski definition) is 4. The number of carbonyl (C=O) groups is 1. The van der Waals surface area contributed by atoms with Gasteiger partial charge in [0.2, 0.25) is 0 Å². The van der Waals surface area contributed by atoms with E-state index in [-0.39, 0.29) is 6.09 Å². The molecule has 3 rings (SSSR count). The average Bonchev–Trinajstić information content (AvgIpc) is 2.53. The molecule has 0 aromatic heterocycles. The molecule has 2 fully saturated rings. The Bertz CT molecular complexity index is 584. The highest BCUT2D eigenvalue weighted by Gasteiger charge is 2.38. The number of carbonyl (C=O) groups excluding carboxylic acids is 1. The number of ether oxygens (including phenoxy) is 1. The number of nitrogens with zero attached hydrogens (tertiary/aromatic N) is 3. The minimum absolute atomic E-state index is 0.181. The first-order valence-electron chi connectivity index (χ1n) is 9.32. The third-order valence-electron chi connectivity index (χ3n) is 4.99. The van der Waals surface area contributed by atoms with E-state index in [0.29, 0.717) is 12.1 Å². The highest BCUT2D eigenvalue weighted by molar-refractivity contribution is 5.68. The fraction of sp³-hybridized carbons (Fsp3) is 0.650. The quantitative estimate of drug-likeness (QED) is 0.826. The van der Waals surface area contributed by atoms with Crippen LogP contribution in [0.25, 0.3) is 0 Å². The van der Waals surface area contributed by atoms with Crippen LogP contribution in [0.5, 0.6) is 0 Å². The molecule has 0 bridgehead atoms. The van der Waals surface area contributed by atoms with Gasteiger partial charge in [-0.15, -0.1) is 0 Å². The second kappa shape index (κ2) is 7.34. The second-order valence-electron chi connectivity index (χ2n) is 8.35. The Kier molecular flexibility index (Phi) is 5.35. The summed E-state index contributed by atoms with van der Waals surface area (Å²) in [6.07, 6.45) is -0.181. The number of amides is 1. The molecule has 5 heteroatoms. The van der Waals surface area contributed by atoms with Gasteiger partial charge in [0.05, 0.1) is 0 Å². The summed E-state index contributed by atoms with van der Waals surface area (Å²) < 4.78 is 5.56. The molecule has 0 N–H and O–H groups in total. The standard InChI is InChI=1S/C20H31N3O2/c1-16-12-21(13-17-8-6-5-7-9-17)14-18-15-22(10-11-23(16)18)19(24)25-20(2,3)4/h5-9,16,18H,10-15H2,1-4H3/t16-,18-/m1/s1. The van der Waals surface area contributed by atoms with Gasteiger partial charge in [0.15, 0.2) is 0 Å². The van der Waals surface area contributed by atoms with Gasteiger partial charge in [-0.2, -0.15) is 0 Å². The molecule has 0 saturated carbocycles. The summed E-state index contributed by atoms with van der Waals surface area (Å²) >= 11 is 0. The molecule has 0 radical (unpaired) electrons. The van der Waals surface area contributed by atoms with E-state index in [4.69, 9.17) is 4.74 Å². The molecule has 1 aromatic rings. The van der Waals surface area contributed by atoms with Crippen molar-refractivity contribution in [2.24, 2.45) is 0 Å². The third kappa shape index (κ3) is 4.73. The van der Waals surface area contributed by atoms with E-state index in [1.807, 2.05) is 25.7 Å². The normalized spacial score (nSPS) is 25.5. The van der Waals surface area contributed by atoms with Gasteiger partial charge in [-0.1, -0.05) is 30.3 Å². The first-order valence-corrected chi connectivity index (χ1v) is 9.32. The number of fused-ring (bicyclic) bond motifs is 1. The van der Waals surface area contributed by atoms with Crippen LogP contribution in [-0.4, -0.2) is 71.2 Å². The van der Waals surface area contributed by atoms with E-state index in [0.717, 1.165) is 39.3 Å². The van der Waals surface area contributed by atoms with Gasteiger partial charge in [-0.25, -0.2) is 4.79 Å². The maximum atomic E-state index is 12.4. The van der Waals surface area contributed by atoms with Crippen molar-refractivity contribution < 1.29 is 9.53 Å². The van der Waals surface area contributed by atoms with Crippen molar-refractivity contribution in [3.8, 4) is 0 Å². The Hall–Kier alpha value is -1.59. The van der Waals surface area contributed by atoms with Gasteiger partial charge < -0.3 is 9.64 Å². The minimum atomic E-state index is -0.437. The first-order chi connectivity index (χ1) is 11.8. The Morgan fingerprint density at radius 2 is 1.84 bits per heavy atom. The molecule has 2 atom stereocenters. The Morgan fingerprint density at radius 3 is 2.52 bits per heavy atom. The summed E-state index contributed by atoms with van der Waals surface area (Å²) in [5.74, 6) is 0. The van der Waals surface area contributed by atoms with Crippen LogP contribution in [-0.2, 0) is 11.3 Å². The molecule has 1 amide bonds. The van der Waals surface area contributed by atoms with E-state index >= 15 is 0 Å². The first kappa shape index (κ1) is 18.2. The zero-order valence-electron chi connectivity index (χ0n) is 15.9. The zero-order chi connectivity index (χ0) is 18.0. The van der Waals surface area contributed by atoms with Gasteiger partial charge in [0, 0.05) is 51.4 Å². The number of rotatable bonds is 2. The van der Waals surface area contributed by atoms with Crippen molar-refractivity contribution >= 4 is 6.09 Å². The number of piperazine rings is 2. The summed E-state index contributed by atoms with van der Waals surface area (Å²) in [5, 5.41) is 0. The number of hydrogen-bond donors (Lipinski definition) is 0. The predicted molar refractivity (Wildman–Crippen MR) is 99.5 cm³/mol. The molecule has 0 unspecified atom stereocenters. The Balaban J connectivity index is 1.62. The molecule has 0 aliphatic carbocycles. The lowest BCUT2D eigenvalue weighted by molar-refractivity contribution is -0.0351. The molecule has 2 aliphatic rings. The zero-order valence-corrected chi connectivity index (χ0v) is 15.9. The van der Waals surface area contributed by atoms with E-state index in [1.54, 1.807) is 0 Å². The van der Waals surface area contributed by atoms with Crippen LogP contribution in [0, 0.1) is 0 Å². The summed E-state index contributed by atoms with van der Waals surface area (Å²) in [7, 11) is 0. The lowest BCUT2D eigenvalue weighted by Crippen LogP contribution is -2.65. The van der Waals surface area contributed by atoms with Gasteiger partial charge in [0.25, 0.3) is 0 Å². The second-order valence-corrected chi connectivity index (χ2v) is 8.35. The van der Waals surface area contributed by atoms with Crippen LogP contribution in [0.15, 0.2) is 30.3 Å². The van der Waals surface area contributed by atoms with Crippen LogP contribution in [0.2, 0.25) is 0 Å². The van der Waals surface area contributed by atoms with Crippen molar-refractivity contribution in [3.63, 3.8) is 0 Å². The van der Waals surface area contributed by atoms with Gasteiger partial charge >= 0.3 is 6.09 Å². The maximum Gasteiger partial charge on any atom is 0.410 e. The predicted octanol–water partition coefficient (Wildman–Crippen LogP) is 2.81. The monoisotopic (exact) mass is 345 g/mol. The van der Waals surface area contributed by atoms with Crippen LogP contribution in [0.1, 0.15) is 33.3 Å². The highest BCUT2D eigenvalue weighted by atomic mass is 16.6. The lowest BCUT2D eigenvalue weighted by Gasteiger charge is -2.50. The van der Waals surface area contributed by atoms with Crippen molar-refractivity contribution in [1.82, 2.24) is 14.7 Å². The van der Waals surface area contributed by atoms with Crippen LogP contribution >= 0.6 is 0 Å². The molecule has 25 heavy (non-hydrogen) atoms. The molecule has 5 nitrogen and oxygen atoms in total. The molecule has 2 aliphatic heterocycles. The molecular weight excluding hydrogens is 314 g/mol. The van der Waals surface area contributed by atoms with E-state index in [1.165, 1.54) is 5.56 Å². The van der Waals surface area contributed by atoms with E-state index in [2.05, 4.69) is 47.1 Å². The molecule has 1 aromatic carbocycles. The summed E-state index contributed by atoms with van der Waals surface area (Å²) in [4.78, 5) is 19.4. The SMILES string of the molecule is C[C@@H]1CN(Cc2ccccc2)C[C@@H]2CN(C(=O)OC(C)(C)C)CCN21. The molecule has 0 spiro atoms. The summed E-state index contributed by atoms with van der Waals surface area (Å²) in [6, 6.07) is 11.5. The average molecular weight is 345 g/mol.